The van der Waals surface area contributed by atoms with Gasteiger partial charge in [0.15, 0.2) is 63.8 Å². The third kappa shape index (κ3) is 3.88. The van der Waals surface area contributed by atoms with Crippen molar-refractivity contribution in [1.29, 1.82) is 0 Å². The van der Waals surface area contributed by atoms with E-state index in [2.05, 4.69) is 14.2 Å². The second-order valence-corrected chi connectivity index (χ2v) is 6.74. The zero-order chi connectivity index (χ0) is 25.5. The number of methoxy groups -OCH3 is 3. The molecule has 0 unspecified atom stereocenters. The van der Waals surface area contributed by atoms with Gasteiger partial charge in [-0.15, -0.1) is 0 Å². The van der Waals surface area contributed by atoms with Gasteiger partial charge in [0.25, 0.3) is 6.71 Å². The molecule has 0 radical (unpaired) electrons. The fraction of sp³-hybridized carbons (Fsp3) is 0.143. The Labute approximate surface area is 186 Å². The van der Waals surface area contributed by atoms with E-state index in [0.717, 1.165) is 21.3 Å². The van der Waals surface area contributed by atoms with Gasteiger partial charge in [-0.25, -0.2) is 39.5 Å². The molecule has 0 aromatic heterocycles. The van der Waals surface area contributed by atoms with E-state index in [4.69, 9.17) is 0 Å². The van der Waals surface area contributed by atoms with E-state index in [1.54, 1.807) is 0 Å². The summed E-state index contributed by atoms with van der Waals surface area (Å²) in [6.07, 6.45) is 0. The van der Waals surface area contributed by atoms with E-state index in [9.17, 15) is 26.3 Å². The molecule has 3 rings (SSSR count). The van der Waals surface area contributed by atoms with E-state index in [1.807, 2.05) is 0 Å². The molecule has 0 aliphatic rings. The maximum atomic E-state index is 15.2. The monoisotopic (exact) mass is 494 g/mol. The van der Waals surface area contributed by atoms with Crippen molar-refractivity contribution in [3.05, 3.63) is 70.6 Å². The molecule has 0 fully saturated rings. The second kappa shape index (κ2) is 9.39. The predicted molar refractivity (Wildman–Crippen MR) is 103 cm³/mol. The largest absolute Gasteiger partial charge is 0.494 e. The van der Waals surface area contributed by atoms with Crippen molar-refractivity contribution in [2.75, 3.05) is 21.3 Å². The third-order valence-electron chi connectivity index (χ3n) is 4.99. The Kier molecular flexibility index (Phi) is 6.94. The summed E-state index contributed by atoms with van der Waals surface area (Å²) in [6.45, 7) is -2.89. The second-order valence-electron chi connectivity index (χ2n) is 6.74. The molecule has 0 spiro atoms. The van der Waals surface area contributed by atoms with Crippen LogP contribution in [0.25, 0.3) is 0 Å². The zero-order valence-corrected chi connectivity index (χ0v) is 17.4. The molecule has 3 aromatic carbocycles. The lowest BCUT2D eigenvalue weighted by molar-refractivity contribution is 0.358. The van der Waals surface area contributed by atoms with Crippen LogP contribution in [0.4, 0.5) is 39.5 Å². The van der Waals surface area contributed by atoms with Crippen LogP contribution in [-0.2, 0) is 0 Å². The molecule has 0 bridgehead atoms. The number of halogens is 9. The van der Waals surface area contributed by atoms with Crippen molar-refractivity contribution < 1.29 is 53.7 Å². The number of hydrogen-bond acceptors (Lipinski definition) is 3. The van der Waals surface area contributed by atoms with Crippen LogP contribution in [0.5, 0.6) is 17.2 Å². The Hall–Kier alpha value is -3.51. The van der Waals surface area contributed by atoms with Crippen LogP contribution in [0, 0.1) is 52.4 Å². The summed E-state index contributed by atoms with van der Waals surface area (Å²) in [4.78, 5) is 0. The molecule has 0 aliphatic carbocycles. The minimum absolute atomic E-state index is 0.00290. The average Bonchev–Trinajstić information content (AvgIpc) is 2.78. The lowest BCUT2D eigenvalue weighted by Gasteiger charge is -2.22. The molecule has 180 valence electrons. The Morgan fingerprint density at radius 3 is 1.29 bits per heavy atom. The summed E-state index contributed by atoms with van der Waals surface area (Å²) in [6, 6.07) is 0.451. The molecule has 3 nitrogen and oxygen atoms in total. The predicted octanol–water partition coefficient (Wildman–Crippen LogP) is 3.48. The highest BCUT2D eigenvalue weighted by molar-refractivity contribution is 6.96. The maximum Gasteiger partial charge on any atom is 0.265 e. The molecular formula is C21H12BF9O3. The summed E-state index contributed by atoms with van der Waals surface area (Å²) >= 11 is 0. The van der Waals surface area contributed by atoms with Gasteiger partial charge >= 0.3 is 0 Å². The van der Waals surface area contributed by atoms with Gasteiger partial charge in [0.2, 0.25) is 0 Å². The third-order valence-corrected chi connectivity index (χ3v) is 4.99. The number of rotatable bonds is 6. The molecule has 0 atom stereocenters. The van der Waals surface area contributed by atoms with Crippen molar-refractivity contribution in [3.8, 4) is 17.2 Å². The highest BCUT2D eigenvalue weighted by Crippen LogP contribution is 2.26. The minimum Gasteiger partial charge on any atom is -0.494 e. The molecule has 0 saturated heterocycles. The molecule has 13 heteroatoms. The van der Waals surface area contributed by atoms with Gasteiger partial charge in [-0.1, -0.05) is 0 Å². The highest BCUT2D eigenvalue weighted by Gasteiger charge is 2.42. The first-order valence-corrected chi connectivity index (χ1v) is 9.14. The first-order chi connectivity index (χ1) is 16.0. The Balaban J connectivity index is 2.62. The van der Waals surface area contributed by atoms with Crippen LogP contribution in [0.3, 0.4) is 0 Å². The van der Waals surface area contributed by atoms with Crippen LogP contribution in [0.1, 0.15) is 0 Å². The molecule has 0 saturated carbocycles. The standard InChI is InChI=1S/C21H12BF9O3/c1-32-11-5-8(24)16(27)14(18(11)29)22(13-7(23)4-10(26)21(34-3)20(13)31)15-17(28)9(25)6-12(33-2)19(15)30/h4-6H,1-3H3. The molecule has 34 heavy (non-hydrogen) atoms. The molecule has 3 aromatic rings. The van der Waals surface area contributed by atoms with E-state index in [1.165, 1.54) is 0 Å². The van der Waals surface area contributed by atoms with Gasteiger partial charge in [0.05, 0.1) is 21.3 Å². The van der Waals surface area contributed by atoms with Crippen molar-refractivity contribution in [1.82, 2.24) is 0 Å². The van der Waals surface area contributed by atoms with Gasteiger partial charge < -0.3 is 14.2 Å². The van der Waals surface area contributed by atoms with E-state index in [0.29, 0.717) is 0 Å². The normalized spacial score (nSPS) is 10.9. The Morgan fingerprint density at radius 2 is 0.912 bits per heavy atom. The molecular weight excluding hydrogens is 482 g/mol. The lowest BCUT2D eigenvalue weighted by atomic mass is 9.36. The summed E-state index contributed by atoms with van der Waals surface area (Å²) < 4.78 is 146. The zero-order valence-electron chi connectivity index (χ0n) is 17.4. The van der Waals surface area contributed by atoms with E-state index < -0.39 is 92.7 Å². The van der Waals surface area contributed by atoms with Gasteiger partial charge in [-0.05, 0) is 0 Å². The number of hydrogen-bond donors (Lipinski definition) is 0. The van der Waals surface area contributed by atoms with Crippen LogP contribution < -0.4 is 30.6 Å². The Morgan fingerprint density at radius 1 is 0.471 bits per heavy atom. The summed E-state index contributed by atoms with van der Waals surface area (Å²) in [7, 11) is 2.39. The first-order valence-electron chi connectivity index (χ1n) is 9.14. The van der Waals surface area contributed by atoms with Crippen molar-refractivity contribution in [3.63, 3.8) is 0 Å². The van der Waals surface area contributed by atoms with Gasteiger partial charge in [-0.3, -0.25) is 0 Å². The van der Waals surface area contributed by atoms with Gasteiger partial charge in [-0.2, -0.15) is 0 Å². The first kappa shape index (κ1) is 25.1. The molecule has 0 amide bonds. The molecule has 0 N–H and O–H groups in total. The molecule has 0 aliphatic heterocycles. The van der Waals surface area contributed by atoms with Gasteiger partial charge in [0, 0.05) is 34.6 Å². The van der Waals surface area contributed by atoms with Crippen molar-refractivity contribution in [2.45, 2.75) is 0 Å². The van der Waals surface area contributed by atoms with E-state index in [-0.39, 0.29) is 18.2 Å². The number of benzene rings is 3. The lowest BCUT2D eigenvalue weighted by Crippen LogP contribution is -2.59. The fourth-order valence-corrected chi connectivity index (χ4v) is 3.47. The maximum absolute atomic E-state index is 15.2. The minimum atomic E-state index is -2.89. The summed E-state index contributed by atoms with van der Waals surface area (Å²) in [5.41, 5.74) is -4.89. The summed E-state index contributed by atoms with van der Waals surface area (Å²) in [5, 5.41) is 0. The summed E-state index contributed by atoms with van der Waals surface area (Å²) in [5.74, 6) is -20.4. The van der Waals surface area contributed by atoms with Crippen molar-refractivity contribution >= 4 is 23.1 Å². The highest BCUT2D eigenvalue weighted by atomic mass is 19.2. The Bertz CT molecular complexity index is 1220. The quantitative estimate of drug-likeness (QED) is 0.299. The SMILES string of the molecule is COc1cc(F)c(F)c(B(c2c(F)cc(F)c(OC)c2F)c2c(F)c(F)cc(OC)c2F)c1F. The van der Waals surface area contributed by atoms with Crippen LogP contribution in [0.15, 0.2) is 18.2 Å². The molecule has 0 heterocycles. The van der Waals surface area contributed by atoms with Crippen LogP contribution in [-0.4, -0.2) is 28.0 Å². The van der Waals surface area contributed by atoms with Crippen LogP contribution in [0.2, 0.25) is 0 Å². The smallest absolute Gasteiger partial charge is 0.265 e. The topological polar surface area (TPSA) is 27.7 Å². The van der Waals surface area contributed by atoms with Gasteiger partial charge in [0.1, 0.15) is 5.82 Å². The fourth-order valence-electron chi connectivity index (χ4n) is 3.47. The number of ether oxygens (including phenoxy) is 3. The van der Waals surface area contributed by atoms with Crippen LogP contribution >= 0.6 is 0 Å². The van der Waals surface area contributed by atoms with E-state index >= 15 is 13.2 Å². The average molecular weight is 494 g/mol. The van der Waals surface area contributed by atoms with Crippen molar-refractivity contribution in [2.24, 2.45) is 0 Å².